The molecule has 1 aromatic rings. The molecule has 0 amide bonds. The van der Waals surface area contributed by atoms with Crippen LogP contribution in [-0.2, 0) is 11.2 Å². The molecule has 1 aromatic carbocycles. The molecule has 2 aliphatic rings. The van der Waals surface area contributed by atoms with Crippen molar-refractivity contribution in [3.63, 3.8) is 0 Å². The van der Waals surface area contributed by atoms with Crippen molar-refractivity contribution < 1.29 is 14.2 Å². The van der Waals surface area contributed by atoms with E-state index in [1.54, 1.807) is 14.2 Å². The average Bonchev–Trinajstić information content (AvgIpc) is 3.21. The lowest BCUT2D eigenvalue weighted by atomic mass is 10.1. The van der Waals surface area contributed by atoms with Crippen LogP contribution in [0.2, 0.25) is 0 Å². The van der Waals surface area contributed by atoms with Gasteiger partial charge in [-0.2, -0.15) is 0 Å². The molecule has 0 aliphatic carbocycles. The first-order chi connectivity index (χ1) is 13.2. The highest BCUT2D eigenvalue weighted by atomic mass is 16.5. The highest BCUT2D eigenvalue weighted by Gasteiger charge is 2.30. The summed E-state index contributed by atoms with van der Waals surface area (Å²) in [5.74, 6) is 2.72. The minimum absolute atomic E-state index is 0.603. The molecule has 2 aliphatic heterocycles. The van der Waals surface area contributed by atoms with Crippen molar-refractivity contribution in [3.8, 4) is 11.5 Å². The molecule has 0 saturated carbocycles. The van der Waals surface area contributed by atoms with Crippen LogP contribution in [0.25, 0.3) is 0 Å². The number of methoxy groups -OCH3 is 2. The van der Waals surface area contributed by atoms with Gasteiger partial charge in [0.05, 0.1) is 27.4 Å². The van der Waals surface area contributed by atoms with Crippen LogP contribution in [0.3, 0.4) is 0 Å². The van der Waals surface area contributed by atoms with Crippen LogP contribution in [0.15, 0.2) is 23.2 Å². The summed E-state index contributed by atoms with van der Waals surface area (Å²) >= 11 is 0. The van der Waals surface area contributed by atoms with Crippen LogP contribution in [0.4, 0.5) is 0 Å². The Morgan fingerprint density at radius 3 is 2.74 bits per heavy atom. The minimum Gasteiger partial charge on any atom is -0.497 e. The number of morpholine rings is 1. The van der Waals surface area contributed by atoms with E-state index in [0.717, 1.165) is 75.4 Å². The van der Waals surface area contributed by atoms with E-state index in [2.05, 4.69) is 20.1 Å². The van der Waals surface area contributed by atoms with Crippen molar-refractivity contribution in [2.45, 2.75) is 18.9 Å². The molecular weight excluding hydrogens is 344 g/mol. The molecule has 1 atom stereocenters. The fourth-order valence-corrected chi connectivity index (χ4v) is 3.89. The van der Waals surface area contributed by atoms with Gasteiger partial charge in [-0.3, -0.25) is 9.89 Å². The molecule has 7 heteroatoms. The Labute approximate surface area is 162 Å². The largest absolute Gasteiger partial charge is 0.497 e. The van der Waals surface area contributed by atoms with E-state index in [-0.39, 0.29) is 0 Å². The van der Waals surface area contributed by atoms with E-state index in [9.17, 15) is 0 Å². The SMILES string of the molecule is CN=C(NCCc1cc(OC)ccc1OC)N1CCC(N2CCOCC2)C1. The smallest absolute Gasteiger partial charge is 0.193 e. The molecule has 0 radical (unpaired) electrons. The van der Waals surface area contributed by atoms with Crippen LogP contribution in [0.5, 0.6) is 11.5 Å². The van der Waals surface area contributed by atoms with Gasteiger partial charge in [0.25, 0.3) is 0 Å². The Hall–Kier alpha value is -1.99. The molecule has 0 spiro atoms. The van der Waals surface area contributed by atoms with Gasteiger partial charge in [0, 0.05) is 45.8 Å². The molecule has 0 bridgehead atoms. The fraction of sp³-hybridized carbons (Fsp3) is 0.650. The lowest BCUT2D eigenvalue weighted by Crippen LogP contribution is -2.46. The quantitative estimate of drug-likeness (QED) is 0.595. The summed E-state index contributed by atoms with van der Waals surface area (Å²) in [6, 6.07) is 6.51. The summed E-state index contributed by atoms with van der Waals surface area (Å²) in [5, 5.41) is 3.51. The molecule has 2 heterocycles. The number of benzene rings is 1. The Morgan fingerprint density at radius 1 is 1.22 bits per heavy atom. The summed E-state index contributed by atoms with van der Waals surface area (Å²) in [6.45, 7) is 6.67. The van der Waals surface area contributed by atoms with Gasteiger partial charge in [0.1, 0.15) is 11.5 Å². The van der Waals surface area contributed by atoms with Crippen molar-refractivity contribution in [3.05, 3.63) is 23.8 Å². The second-order valence-electron chi connectivity index (χ2n) is 6.94. The third-order valence-electron chi connectivity index (χ3n) is 5.40. The van der Waals surface area contributed by atoms with Crippen LogP contribution in [-0.4, -0.2) is 89.0 Å². The third-order valence-corrected chi connectivity index (χ3v) is 5.40. The number of hydrogen-bond acceptors (Lipinski definition) is 5. The van der Waals surface area contributed by atoms with Gasteiger partial charge in [-0.15, -0.1) is 0 Å². The van der Waals surface area contributed by atoms with Gasteiger partial charge < -0.3 is 24.4 Å². The van der Waals surface area contributed by atoms with Crippen molar-refractivity contribution in [1.82, 2.24) is 15.1 Å². The molecule has 7 nitrogen and oxygen atoms in total. The van der Waals surface area contributed by atoms with Gasteiger partial charge in [0.2, 0.25) is 0 Å². The summed E-state index contributed by atoms with van der Waals surface area (Å²) in [4.78, 5) is 9.41. The summed E-state index contributed by atoms with van der Waals surface area (Å²) in [6.07, 6.45) is 2.03. The van der Waals surface area contributed by atoms with Gasteiger partial charge in [0.15, 0.2) is 5.96 Å². The number of nitrogens with one attached hydrogen (secondary N) is 1. The van der Waals surface area contributed by atoms with E-state index in [0.29, 0.717) is 6.04 Å². The number of guanidine groups is 1. The van der Waals surface area contributed by atoms with Gasteiger partial charge in [-0.05, 0) is 36.6 Å². The molecular formula is C20H32N4O3. The van der Waals surface area contributed by atoms with Crippen LogP contribution < -0.4 is 14.8 Å². The van der Waals surface area contributed by atoms with Gasteiger partial charge >= 0.3 is 0 Å². The number of nitrogens with zero attached hydrogens (tertiary/aromatic N) is 3. The monoisotopic (exact) mass is 376 g/mol. The van der Waals surface area contributed by atoms with Crippen LogP contribution in [0.1, 0.15) is 12.0 Å². The zero-order valence-corrected chi connectivity index (χ0v) is 16.7. The lowest BCUT2D eigenvalue weighted by Gasteiger charge is -2.32. The summed E-state index contributed by atoms with van der Waals surface area (Å²) in [5.41, 5.74) is 1.13. The predicted octanol–water partition coefficient (Wildman–Crippen LogP) is 1.23. The number of likely N-dealkylation sites (tertiary alicyclic amines) is 1. The topological polar surface area (TPSA) is 58.6 Å². The Balaban J connectivity index is 1.51. The summed E-state index contributed by atoms with van der Waals surface area (Å²) < 4.78 is 16.3. The van der Waals surface area contributed by atoms with E-state index in [4.69, 9.17) is 14.2 Å². The van der Waals surface area contributed by atoms with E-state index < -0.39 is 0 Å². The van der Waals surface area contributed by atoms with E-state index >= 15 is 0 Å². The first-order valence-electron chi connectivity index (χ1n) is 9.73. The van der Waals surface area contributed by atoms with Gasteiger partial charge in [-0.1, -0.05) is 0 Å². The maximum atomic E-state index is 5.47. The maximum absolute atomic E-state index is 5.47. The van der Waals surface area contributed by atoms with Crippen molar-refractivity contribution in [1.29, 1.82) is 0 Å². The van der Waals surface area contributed by atoms with Crippen molar-refractivity contribution >= 4 is 5.96 Å². The molecule has 3 rings (SSSR count). The lowest BCUT2D eigenvalue weighted by molar-refractivity contribution is 0.0195. The molecule has 1 N–H and O–H groups in total. The first kappa shape index (κ1) is 19.8. The van der Waals surface area contributed by atoms with Crippen molar-refractivity contribution in [2.75, 3.05) is 67.2 Å². The molecule has 0 aromatic heterocycles. The van der Waals surface area contributed by atoms with E-state index in [1.807, 2.05) is 25.2 Å². The molecule has 27 heavy (non-hydrogen) atoms. The highest BCUT2D eigenvalue weighted by Crippen LogP contribution is 2.24. The average molecular weight is 377 g/mol. The molecule has 2 saturated heterocycles. The second-order valence-corrected chi connectivity index (χ2v) is 6.94. The van der Waals surface area contributed by atoms with Gasteiger partial charge in [-0.25, -0.2) is 0 Å². The Morgan fingerprint density at radius 2 is 2.04 bits per heavy atom. The minimum atomic E-state index is 0.603. The molecule has 2 fully saturated rings. The predicted molar refractivity (Wildman–Crippen MR) is 107 cm³/mol. The highest BCUT2D eigenvalue weighted by molar-refractivity contribution is 5.80. The molecule has 1 unspecified atom stereocenters. The standard InChI is InChI=1S/C20H32N4O3/c1-21-20(24-9-7-17(15-24)23-10-12-27-13-11-23)22-8-6-16-14-18(25-2)4-5-19(16)26-3/h4-5,14,17H,6-13,15H2,1-3H3,(H,21,22). The fourth-order valence-electron chi connectivity index (χ4n) is 3.89. The number of aliphatic imine (C=N–C) groups is 1. The zero-order chi connectivity index (χ0) is 19.1. The van der Waals surface area contributed by atoms with Crippen molar-refractivity contribution in [2.24, 2.45) is 4.99 Å². The third kappa shape index (κ3) is 5.05. The Bertz CT molecular complexity index is 632. The normalized spacial score (nSPS) is 21.4. The van der Waals surface area contributed by atoms with Crippen LogP contribution in [0, 0.1) is 0 Å². The Kier molecular flexibility index (Phi) is 7.18. The summed E-state index contributed by atoms with van der Waals surface area (Å²) in [7, 11) is 5.24. The van der Waals surface area contributed by atoms with E-state index in [1.165, 1.54) is 6.42 Å². The number of hydrogen-bond donors (Lipinski definition) is 1. The van der Waals surface area contributed by atoms with Crippen LogP contribution >= 0.6 is 0 Å². The number of rotatable bonds is 6. The molecule has 150 valence electrons. The number of ether oxygens (including phenoxy) is 3. The zero-order valence-electron chi connectivity index (χ0n) is 16.7. The second kappa shape index (κ2) is 9.80. The first-order valence-corrected chi connectivity index (χ1v) is 9.73. The maximum Gasteiger partial charge on any atom is 0.193 e.